The lowest BCUT2D eigenvalue weighted by Crippen LogP contribution is -2.57. The topological polar surface area (TPSA) is 27.7 Å². The van der Waals surface area contributed by atoms with Gasteiger partial charge in [0.25, 0.3) is 0 Å². The van der Waals surface area contributed by atoms with E-state index in [4.69, 9.17) is 12.3 Å². The van der Waals surface area contributed by atoms with Crippen LogP contribution in [0.3, 0.4) is 0 Å². The minimum atomic E-state index is -2.47. The molecule has 2 rings (SSSR count). The molecule has 0 aliphatic heterocycles. The highest BCUT2D eigenvalue weighted by molar-refractivity contribution is 6.81. The van der Waals surface area contributed by atoms with Crippen molar-refractivity contribution in [3.8, 4) is 0 Å². The largest absolute Gasteiger partial charge is 0.472 e. The lowest BCUT2D eigenvalue weighted by atomic mass is 10.1. The average molecular weight is 347 g/mol. The van der Waals surface area contributed by atoms with Crippen LogP contribution in [0.2, 0.25) is 44.8 Å². The molecule has 0 aromatic rings. The first kappa shape index (κ1) is 16.9. The minimum Gasteiger partial charge on any atom is -0.420 e. The summed E-state index contributed by atoms with van der Waals surface area (Å²) in [7, 11) is -5.95. The van der Waals surface area contributed by atoms with Crippen LogP contribution in [0.15, 0.2) is 12.2 Å². The summed E-state index contributed by atoms with van der Waals surface area (Å²) in [6, 6.07) is 0. The van der Waals surface area contributed by atoms with E-state index in [1.165, 1.54) is 12.8 Å². The zero-order valence-corrected chi connectivity index (χ0v) is 18.2. The second-order valence-electron chi connectivity index (χ2n) is 6.99. The Morgan fingerprint density at radius 3 is 1.60 bits per heavy atom. The molecule has 2 bridgehead atoms. The van der Waals surface area contributed by atoms with Gasteiger partial charge in [-0.2, -0.15) is 0 Å². The highest BCUT2D eigenvalue weighted by Crippen LogP contribution is 2.52. The summed E-state index contributed by atoms with van der Waals surface area (Å²) in [4.78, 5) is 0. The van der Waals surface area contributed by atoms with Gasteiger partial charge in [0.15, 0.2) is 27.1 Å². The van der Waals surface area contributed by atoms with E-state index in [1.54, 1.807) is 0 Å². The Balaban J connectivity index is 2.26. The predicted octanol–water partition coefficient (Wildman–Crippen LogP) is 2.89. The molecule has 116 valence electrons. The van der Waals surface area contributed by atoms with Gasteiger partial charge in [-0.25, -0.2) is 0 Å². The fraction of sp³-hybridized carbons (Fsp3) is 0.846. The Hall–Kier alpha value is 0.488. The van der Waals surface area contributed by atoms with Crippen LogP contribution in [0.4, 0.5) is 0 Å². The Labute approximate surface area is 130 Å². The second kappa shape index (κ2) is 6.72. The smallest absolute Gasteiger partial charge is 0.420 e. The van der Waals surface area contributed by atoms with Crippen LogP contribution in [-0.4, -0.2) is 35.9 Å². The van der Waals surface area contributed by atoms with Crippen molar-refractivity contribution in [1.29, 1.82) is 0 Å². The van der Waals surface area contributed by atoms with Gasteiger partial charge in [0.1, 0.15) is 0 Å². The van der Waals surface area contributed by atoms with Gasteiger partial charge in [0, 0.05) is 5.54 Å². The van der Waals surface area contributed by atoms with Gasteiger partial charge in [-0.1, -0.05) is 12.2 Å². The van der Waals surface area contributed by atoms with Crippen LogP contribution in [0.5, 0.6) is 0 Å². The molecule has 1 saturated carbocycles. The highest BCUT2D eigenvalue weighted by atomic mass is 28.5. The molecule has 0 aromatic heterocycles. The molecule has 0 heterocycles. The number of fused-ring (bicyclic) bond motifs is 2. The lowest BCUT2D eigenvalue weighted by Gasteiger charge is -2.41. The molecule has 3 unspecified atom stereocenters. The number of hydrogen-bond donors (Lipinski definition) is 0. The van der Waals surface area contributed by atoms with Gasteiger partial charge in [-0.05, 0) is 64.0 Å². The van der Waals surface area contributed by atoms with E-state index in [9.17, 15) is 0 Å². The SMILES string of the molecule is C[SiH](C)O[Si](O[SiH](C)C)(O[SiH](C)C)C1CC2C=CC1C2. The van der Waals surface area contributed by atoms with Gasteiger partial charge < -0.3 is 12.3 Å². The highest BCUT2D eigenvalue weighted by Gasteiger charge is 2.57. The van der Waals surface area contributed by atoms with Crippen molar-refractivity contribution in [3.05, 3.63) is 12.2 Å². The van der Waals surface area contributed by atoms with Crippen LogP contribution < -0.4 is 0 Å². The molecule has 0 amide bonds. The first-order valence-electron chi connectivity index (χ1n) is 8.04. The first-order valence-corrected chi connectivity index (χ1v) is 18.2. The average Bonchev–Trinajstić information content (AvgIpc) is 2.87. The quantitative estimate of drug-likeness (QED) is 0.524. The summed E-state index contributed by atoms with van der Waals surface area (Å²) in [5.41, 5.74) is 0.539. The zero-order chi connectivity index (χ0) is 14.9. The summed E-state index contributed by atoms with van der Waals surface area (Å²) in [6.45, 7) is 13.5. The van der Waals surface area contributed by atoms with E-state index in [2.05, 4.69) is 51.4 Å². The van der Waals surface area contributed by atoms with E-state index in [1.807, 2.05) is 0 Å². The molecule has 2 aliphatic carbocycles. The van der Waals surface area contributed by atoms with Gasteiger partial charge in [-0.3, -0.25) is 0 Å². The third-order valence-electron chi connectivity index (χ3n) is 3.93. The molecule has 3 nitrogen and oxygen atoms in total. The molecule has 3 atom stereocenters. The fourth-order valence-corrected chi connectivity index (χ4v) is 17.0. The van der Waals surface area contributed by atoms with Crippen molar-refractivity contribution in [2.24, 2.45) is 11.8 Å². The van der Waals surface area contributed by atoms with Crippen molar-refractivity contribution >= 4 is 35.9 Å². The van der Waals surface area contributed by atoms with E-state index in [0.717, 1.165) is 5.92 Å². The van der Waals surface area contributed by atoms with Crippen LogP contribution in [0.1, 0.15) is 12.8 Å². The van der Waals surface area contributed by atoms with E-state index >= 15 is 0 Å². The van der Waals surface area contributed by atoms with Crippen LogP contribution in [0, 0.1) is 11.8 Å². The summed E-state index contributed by atoms with van der Waals surface area (Å²) < 4.78 is 19.7. The van der Waals surface area contributed by atoms with Crippen molar-refractivity contribution in [1.82, 2.24) is 0 Å². The Morgan fingerprint density at radius 2 is 1.30 bits per heavy atom. The van der Waals surface area contributed by atoms with E-state index < -0.39 is 35.9 Å². The van der Waals surface area contributed by atoms with Gasteiger partial charge >= 0.3 is 8.80 Å². The summed E-state index contributed by atoms with van der Waals surface area (Å²) in [5, 5.41) is 0. The molecule has 20 heavy (non-hydrogen) atoms. The summed E-state index contributed by atoms with van der Waals surface area (Å²) in [5.74, 6) is 1.41. The van der Waals surface area contributed by atoms with Crippen LogP contribution in [-0.2, 0) is 12.3 Å². The molecule has 0 aromatic carbocycles. The monoisotopic (exact) mass is 346 g/mol. The first-order chi connectivity index (χ1) is 9.32. The summed E-state index contributed by atoms with van der Waals surface area (Å²) >= 11 is 0. The maximum absolute atomic E-state index is 6.57. The Kier molecular flexibility index (Phi) is 5.66. The molecule has 0 spiro atoms. The molecule has 0 radical (unpaired) electrons. The lowest BCUT2D eigenvalue weighted by molar-refractivity contribution is 0.241. The van der Waals surface area contributed by atoms with Crippen molar-refractivity contribution < 1.29 is 12.3 Å². The number of rotatable bonds is 7. The standard InChI is InChI=1S/C13H30O3Si4/c1-17(2)14-20(15-18(3)4,16-19(5)6)13-10-11-7-8-12(13)9-11/h7-8,11-13,17-19H,9-10H2,1-6H3. The third kappa shape index (κ3) is 3.82. The van der Waals surface area contributed by atoms with Gasteiger partial charge in [-0.15, -0.1) is 0 Å². The molecular weight excluding hydrogens is 316 g/mol. The molecular formula is C13H30O3Si4. The van der Waals surface area contributed by atoms with Crippen molar-refractivity contribution in [3.63, 3.8) is 0 Å². The predicted molar refractivity (Wildman–Crippen MR) is 94.7 cm³/mol. The van der Waals surface area contributed by atoms with E-state index in [-0.39, 0.29) is 0 Å². The number of hydrogen-bond acceptors (Lipinski definition) is 3. The van der Waals surface area contributed by atoms with Gasteiger partial charge in [0.05, 0.1) is 0 Å². The molecule has 0 saturated heterocycles. The Morgan fingerprint density at radius 1 is 0.800 bits per heavy atom. The molecule has 2 aliphatic rings. The molecule has 0 N–H and O–H groups in total. The van der Waals surface area contributed by atoms with Gasteiger partial charge in [0.2, 0.25) is 0 Å². The molecule has 7 heteroatoms. The second-order valence-corrected chi connectivity index (χ2v) is 18.1. The summed E-state index contributed by atoms with van der Waals surface area (Å²) in [6.07, 6.45) is 7.33. The van der Waals surface area contributed by atoms with Crippen molar-refractivity contribution in [2.45, 2.75) is 57.7 Å². The number of allylic oxidation sites excluding steroid dienone is 2. The molecule has 1 fully saturated rings. The normalized spacial score (nSPS) is 29.4. The van der Waals surface area contributed by atoms with Crippen molar-refractivity contribution in [2.75, 3.05) is 0 Å². The third-order valence-corrected chi connectivity index (χ3v) is 15.1. The van der Waals surface area contributed by atoms with Crippen LogP contribution >= 0.6 is 0 Å². The maximum atomic E-state index is 6.57. The minimum absolute atomic E-state index is 0.539. The zero-order valence-electron chi connectivity index (χ0n) is 13.8. The Bertz CT molecular complexity index is 333. The van der Waals surface area contributed by atoms with Crippen LogP contribution in [0.25, 0.3) is 0 Å². The fourth-order valence-electron chi connectivity index (χ4n) is 3.52. The van der Waals surface area contributed by atoms with E-state index in [0.29, 0.717) is 11.5 Å². The maximum Gasteiger partial charge on any atom is 0.472 e.